The van der Waals surface area contributed by atoms with E-state index in [4.69, 9.17) is 5.11 Å². The first-order valence-electron chi connectivity index (χ1n) is 6.30. The molecule has 1 saturated heterocycles. The van der Waals surface area contributed by atoms with Crippen molar-refractivity contribution in [2.45, 2.75) is 18.9 Å². The second-order valence-corrected chi connectivity index (χ2v) is 4.90. The quantitative estimate of drug-likeness (QED) is 0.630. The van der Waals surface area contributed by atoms with Gasteiger partial charge in [0.05, 0.1) is 10.5 Å². The third kappa shape index (κ3) is 3.21. The summed E-state index contributed by atoms with van der Waals surface area (Å²) < 4.78 is 0. The average molecular weight is 280 g/mol. The van der Waals surface area contributed by atoms with Gasteiger partial charge in [0.1, 0.15) is 0 Å². The Bertz CT molecular complexity index is 534. The Morgan fingerprint density at radius 2 is 2.40 bits per heavy atom. The Morgan fingerprint density at radius 3 is 3.00 bits per heavy atom. The van der Waals surface area contributed by atoms with Crippen LogP contribution in [0.2, 0.25) is 0 Å². The number of aromatic carboxylic acids is 1. The molecule has 0 saturated carbocycles. The van der Waals surface area contributed by atoms with Crippen molar-refractivity contribution in [3.05, 3.63) is 27.9 Å². The lowest BCUT2D eigenvalue weighted by atomic mass is 10.1. The number of hydrogen-bond donors (Lipinski definition) is 2. The number of aromatic nitrogens is 1. The molecule has 8 heteroatoms. The van der Waals surface area contributed by atoms with Gasteiger partial charge in [-0.15, -0.1) is 0 Å². The van der Waals surface area contributed by atoms with Crippen LogP contribution in [0, 0.1) is 10.1 Å². The van der Waals surface area contributed by atoms with E-state index in [1.54, 1.807) is 0 Å². The molecule has 1 aliphatic heterocycles. The van der Waals surface area contributed by atoms with Crippen molar-refractivity contribution in [2.75, 3.05) is 25.5 Å². The van der Waals surface area contributed by atoms with E-state index < -0.39 is 10.9 Å². The van der Waals surface area contributed by atoms with Crippen LogP contribution in [0.5, 0.6) is 0 Å². The van der Waals surface area contributed by atoms with E-state index in [2.05, 4.69) is 15.2 Å². The molecule has 2 rings (SSSR count). The van der Waals surface area contributed by atoms with E-state index in [-0.39, 0.29) is 23.1 Å². The highest BCUT2D eigenvalue weighted by atomic mass is 16.6. The van der Waals surface area contributed by atoms with E-state index in [0.29, 0.717) is 0 Å². The van der Waals surface area contributed by atoms with Crippen LogP contribution >= 0.6 is 0 Å². The van der Waals surface area contributed by atoms with Gasteiger partial charge in [0.25, 0.3) is 0 Å². The highest BCUT2D eigenvalue weighted by molar-refractivity contribution is 5.88. The van der Waals surface area contributed by atoms with Gasteiger partial charge in [-0.2, -0.15) is 0 Å². The van der Waals surface area contributed by atoms with E-state index in [9.17, 15) is 14.9 Å². The Hall–Kier alpha value is -2.22. The number of likely N-dealkylation sites (tertiary alicyclic amines) is 1. The highest BCUT2D eigenvalue weighted by Gasteiger charge is 2.23. The van der Waals surface area contributed by atoms with E-state index >= 15 is 0 Å². The number of likely N-dealkylation sites (N-methyl/N-ethyl adjacent to an activating group) is 1. The van der Waals surface area contributed by atoms with Gasteiger partial charge in [0.2, 0.25) is 5.82 Å². The van der Waals surface area contributed by atoms with Gasteiger partial charge < -0.3 is 15.3 Å². The number of carboxylic acids is 1. The Labute approximate surface area is 115 Å². The van der Waals surface area contributed by atoms with Crippen LogP contribution in [0.3, 0.4) is 0 Å². The smallest absolute Gasteiger partial charge is 0.337 e. The van der Waals surface area contributed by atoms with E-state index in [1.807, 2.05) is 7.05 Å². The molecule has 2 heterocycles. The second kappa shape index (κ2) is 5.83. The number of pyridine rings is 1. The van der Waals surface area contributed by atoms with Crippen molar-refractivity contribution in [3.63, 3.8) is 0 Å². The summed E-state index contributed by atoms with van der Waals surface area (Å²) in [6, 6.07) is 1.11. The maximum Gasteiger partial charge on any atom is 0.337 e. The van der Waals surface area contributed by atoms with Gasteiger partial charge in [-0.1, -0.05) is 0 Å². The first-order valence-corrected chi connectivity index (χ1v) is 6.30. The molecule has 1 unspecified atom stereocenters. The van der Waals surface area contributed by atoms with Crippen LogP contribution in [0.1, 0.15) is 23.2 Å². The lowest BCUT2D eigenvalue weighted by molar-refractivity contribution is -0.384. The molecule has 0 aliphatic carbocycles. The van der Waals surface area contributed by atoms with Gasteiger partial charge in [-0.05, 0) is 26.4 Å². The zero-order valence-corrected chi connectivity index (χ0v) is 11.1. The normalized spacial score (nSPS) is 19.6. The Morgan fingerprint density at radius 1 is 1.65 bits per heavy atom. The molecule has 108 valence electrons. The molecule has 0 spiro atoms. The van der Waals surface area contributed by atoms with Gasteiger partial charge in [0, 0.05) is 24.8 Å². The summed E-state index contributed by atoms with van der Waals surface area (Å²) in [4.78, 5) is 27.3. The SMILES string of the molecule is CN1CCCC(Nc2ncc(C(=O)O)cc2[N+](=O)[O-])C1. The van der Waals surface area contributed by atoms with Gasteiger partial charge in [0.15, 0.2) is 0 Å². The number of carbonyl (C=O) groups is 1. The first-order chi connectivity index (χ1) is 9.47. The fourth-order valence-electron chi connectivity index (χ4n) is 2.30. The maximum absolute atomic E-state index is 11.0. The molecule has 1 aliphatic rings. The van der Waals surface area contributed by atoms with E-state index in [0.717, 1.165) is 38.2 Å². The summed E-state index contributed by atoms with van der Waals surface area (Å²) in [7, 11) is 1.99. The van der Waals surface area contributed by atoms with Crippen LogP contribution in [-0.4, -0.2) is 52.1 Å². The summed E-state index contributed by atoms with van der Waals surface area (Å²) >= 11 is 0. The second-order valence-electron chi connectivity index (χ2n) is 4.90. The Balaban J connectivity index is 2.22. The number of piperidine rings is 1. The van der Waals surface area contributed by atoms with Gasteiger partial charge in [-0.3, -0.25) is 10.1 Å². The number of hydrogen-bond acceptors (Lipinski definition) is 6. The van der Waals surface area contributed by atoms with Gasteiger partial charge >= 0.3 is 11.7 Å². The fraction of sp³-hybridized carbons (Fsp3) is 0.500. The van der Waals surface area contributed by atoms with Crippen LogP contribution < -0.4 is 5.32 Å². The predicted octanol–water partition coefficient (Wildman–Crippen LogP) is 1.19. The monoisotopic (exact) mass is 280 g/mol. The number of carboxylic acid groups (broad SMARTS) is 1. The topological polar surface area (TPSA) is 109 Å². The third-order valence-electron chi connectivity index (χ3n) is 3.28. The summed E-state index contributed by atoms with van der Waals surface area (Å²) in [5.41, 5.74) is -0.499. The molecule has 0 bridgehead atoms. The predicted molar refractivity (Wildman–Crippen MR) is 72.0 cm³/mol. The van der Waals surface area contributed by atoms with Crippen LogP contribution in [-0.2, 0) is 0 Å². The first kappa shape index (κ1) is 14.2. The molecular weight excluding hydrogens is 264 g/mol. The summed E-state index contributed by atoms with van der Waals surface area (Å²) in [6.45, 7) is 1.78. The zero-order chi connectivity index (χ0) is 14.7. The minimum Gasteiger partial charge on any atom is -0.478 e. The third-order valence-corrected chi connectivity index (χ3v) is 3.28. The van der Waals surface area contributed by atoms with Crippen molar-refractivity contribution in [2.24, 2.45) is 0 Å². The van der Waals surface area contributed by atoms with Crippen LogP contribution in [0.25, 0.3) is 0 Å². The summed E-state index contributed by atoms with van der Waals surface area (Å²) in [5, 5.41) is 22.9. The number of nitro groups is 1. The summed E-state index contributed by atoms with van der Waals surface area (Å²) in [6.07, 6.45) is 3.04. The van der Waals surface area contributed by atoms with Crippen LogP contribution in [0.15, 0.2) is 12.3 Å². The van der Waals surface area contributed by atoms with Crippen LogP contribution in [0.4, 0.5) is 11.5 Å². The van der Waals surface area contributed by atoms with Gasteiger partial charge in [-0.25, -0.2) is 9.78 Å². The molecule has 2 N–H and O–H groups in total. The Kier molecular flexibility index (Phi) is 4.14. The molecule has 1 fully saturated rings. The largest absolute Gasteiger partial charge is 0.478 e. The standard InChI is InChI=1S/C12H16N4O4/c1-15-4-2-3-9(7-15)14-11-10(16(19)20)5-8(6-13-11)12(17)18/h5-6,9H,2-4,7H2,1H3,(H,13,14)(H,17,18). The molecular formula is C12H16N4O4. The fourth-order valence-corrected chi connectivity index (χ4v) is 2.30. The zero-order valence-electron chi connectivity index (χ0n) is 11.1. The molecule has 1 aromatic rings. The molecule has 20 heavy (non-hydrogen) atoms. The molecule has 1 atom stereocenters. The number of anilines is 1. The van der Waals surface area contributed by atoms with Crippen molar-refractivity contribution in [3.8, 4) is 0 Å². The van der Waals surface area contributed by atoms with Crippen molar-refractivity contribution in [1.29, 1.82) is 0 Å². The molecule has 8 nitrogen and oxygen atoms in total. The van der Waals surface area contributed by atoms with Crippen molar-refractivity contribution < 1.29 is 14.8 Å². The molecule has 0 amide bonds. The highest BCUT2D eigenvalue weighted by Crippen LogP contribution is 2.25. The molecule has 0 aromatic carbocycles. The average Bonchev–Trinajstić information content (AvgIpc) is 2.38. The lowest BCUT2D eigenvalue weighted by Crippen LogP contribution is -2.40. The number of nitrogens with zero attached hydrogens (tertiary/aromatic N) is 3. The summed E-state index contributed by atoms with van der Waals surface area (Å²) in [5.74, 6) is -1.11. The maximum atomic E-state index is 11.0. The van der Waals surface area contributed by atoms with Crippen molar-refractivity contribution >= 4 is 17.5 Å². The number of rotatable bonds is 4. The minimum atomic E-state index is -1.23. The molecule has 1 aromatic heterocycles. The number of nitrogens with one attached hydrogen (secondary N) is 1. The van der Waals surface area contributed by atoms with Crippen molar-refractivity contribution in [1.82, 2.24) is 9.88 Å². The lowest BCUT2D eigenvalue weighted by Gasteiger charge is -2.30. The molecule has 0 radical (unpaired) electrons. The van der Waals surface area contributed by atoms with E-state index in [1.165, 1.54) is 0 Å². The minimum absolute atomic E-state index is 0.0793.